The molecule has 2 rings (SSSR count). The highest BCUT2D eigenvalue weighted by molar-refractivity contribution is 5.29. The van der Waals surface area contributed by atoms with E-state index in [1.54, 1.807) is 13.3 Å². The van der Waals surface area contributed by atoms with Crippen molar-refractivity contribution < 1.29 is 4.74 Å². The summed E-state index contributed by atoms with van der Waals surface area (Å²) in [6.45, 7) is 4.62. The van der Waals surface area contributed by atoms with Crippen LogP contribution in [0.4, 0.5) is 0 Å². The Bertz CT molecular complexity index is 352. The molecule has 1 fully saturated rings. The van der Waals surface area contributed by atoms with Crippen LogP contribution in [0.15, 0.2) is 18.3 Å². The topological polar surface area (TPSA) is 25.4 Å². The van der Waals surface area contributed by atoms with Crippen LogP contribution in [0.1, 0.15) is 44.2 Å². The van der Waals surface area contributed by atoms with E-state index in [2.05, 4.69) is 22.9 Å². The van der Waals surface area contributed by atoms with Gasteiger partial charge >= 0.3 is 0 Å². The lowest BCUT2D eigenvalue weighted by molar-refractivity contribution is 0.145. The first-order valence-corrected chi connectivity index (χ1v) is 6.59. The molecule has 0 radical (unpaired) electrons. The maximum absolute atomic E-state index is 5.39. The predicted molar refractivity (Wildman–Crippen MR) is 69.2 cm³/mol. The molecule has 94 valence electrons. The number of hydrogen-bond donors (Lipinski definition) is 0. The average molecular weight is 234 g/mol. The molecule has 0 bridgehead atoms. The summed E-state index contributed by atoms with van der Waals surface area (Å²) in [5, 5.41) is 0. The van der Waals surface area contributed by atoms with Crippen molar-refractivity contribution in [2.75, 3.05) is 20.2 Å². The molecule has 0 amide bonds. The van der Waals surface area contributed by atoms with Crippen molar-refractivity contribution in [3.63, 3.8) is 0 Å². The van der Waals surface area contributed by atoms with Crippen LogP contribution in [-0.4, -0.2) is 30.1 Å². The van der Waals surface area contributed by atoms with E-state index in [0.717, 1.165) is 5.88 Å². The van der Waals surface area contributed by atoms with Gasteiger partial charge in [0.05, 0.1) is 7.11 Å². The first kappa shape index (κ1) is 12.4. The lowest BCUT2D eigenvalue weighted by Crippen LogP contribution is -2.34. The Kier molecular flexibility index (Phi) is 4.37. The molecule has 0 aliphatic carbocycles. The molecule has 3 nitrogen and oxygen atoms in total. The van der Waals surface area contributed by atoms with Crippen molar-refractivity contribution in [3.8, 4) is 5.88 Å². The molecule has 0 spiro atoms. The van der Waals surface area contributed by atoms with E-state index in [-0.39, 0.29) is 0 Å². The molecular formula is C14H22N2O. The Morgan fingerprint density at radius 2 is 2.35 bits per heavy atom. The van der Waals surface area contributed by atoms with Gasteiger partial charge in [-0.3, -0.25) is 4.90 Å². The number of nitrogens with zero attached hydrogens (tertiary/aromatic N) is 2. The van der Waals surface area contributed by atoms with E-state index in [9.17, 15) is 0 Å². The number of methoxy groups -OCH3 is 1. The number of aromatic nitrogens is 1. The lowest BCUT2D eigenvalue weighted by Gasteiger charge is -2.36. The summed E-state index contributed by atoms with van der Waals surface area (Å²) < 4.78 is 5.39. The smallest absolute Gasteiger partial charge is 0.217 e. The number of likely N-dealkylation sites (tertiary alicyclic amines) is 1. The van der Waals surface area contributed by atoms with Gasteiger partial charge in [0.2, 0.25) is 5.88 Å². The molecule has 1 aliphatic heterocycles. The van der Waals surface area contributed by atoms with Crippen LogP contribution in [0.2, 0.25) is 0 Å². The number of hydrogen-bond acceptors (Lipinski definition) is 3. The Hall–Kier alpha value is -1.09. The highest BCUT2D eigenvalue weighted by Crippen LogP contribution is 2.34. The Labute approximate surface area is 104 Å². The molecule has 3 heteroatoms. The average Bonchev–Trinajstić information content (AvgIpc) is 2.40. The number of pyridine rings is 1. The fourth-order valence-electron chi connectivity index (χ4n) is 2.73. The van der Waals surface area contributed by atoms with Crippen LogP contribution in [0.5, 0.6) is 5.88 Å². The summed E-state index contributed by atoms with van der Waals surface area (Å²) in [4.78, 5) is 6.89. The highest BCUT2D eigenvalue weighted by Gasteiger charge is 2.25. The summed E-state index contributed by atoms with van der Waals surface area (Å²) in [5.41, 5.74) is 1.25. The Balaban J connectivity index is 2.22. The summed E-state index contributed by atoms with van der Waals surface area (Å²) in [6.07, 6.45) is 6.86. The second-order valence-electron chi connectivity index (χ2n) is 4.65. The van der Waals surface area contributed by atoms with Crippen molar-refractivity contribution >= 4 is 0 Å². The molecule has 0 saturated carbocycles. The zero-order valence-corrected chi connectivity index (χ0v) is 10.9. The predicted octanol–water partition coefficient (Wildman–Crippen LogP) is 3.03. The maximum Gasteiger partial charge on any atom is 0.217 e. The standard InChI is InChI=1S/C14H22N2O/c1-3-10-16-11-5-4-8-13(16)12-7-6-9-15-14(12)17-2/h6-7,9,13H,3-5,8,10-11H2,1-2H3/t13-/m1/s1. The van der Waals surface area contributed by atoms with Crippen LogP contribution in [0.25, 0.3) is 0 Å². The van der Waals surface area contributed by atoms with Crippen molar-refractivity contribution in [3.05, 3.63) is 23.9 Å². The summed E-state index contributed by atoms with van der Waals surface area (Å²) in [6, 6.07) is 4.66. The summed E-state index contributed by atoms with van der Waals surface area (Å²) in [7, 11) is 1.71. The van der Waals surface area contributed by atoms with E-state index in [1.807, 2.05) is 6.07 Å². The third-order valence-corrected chi connectivity index (χ3v) is 3.48. The molecule has 1 atom stereocenters. The van der Waals surface area contributed by atoms with Crippen molar-refractivity contribution in [1.82, 2.24) is 9.88 Å². The molecular weight excluding hydrogens is 212 g/mol. The van der Waals surface area contributed by atoms with Crippen LogP contribution < -0.4 is 4.74 Å². The van der Waals surface area contributed by atoms with Crippen LogP contribution in [0, 0.1) is 0 Å². The van der Waals surface area contributed by atoms with E-state index in [4.69, 9.17) is 4.74 Å². The maximum atomic E-state index is 5.39. The number of piperidine rings is 1. The normalized spacial score (nSPS) is 21.4. The fraction of sp³-hybridized carbons (Fsp3) is 0.643. The minimum Gasteiger partial charge on any atom is -0.481 e. The van der Waals surface area contributed by atoms with E-state index < -0.39 is 0 Å². The molecule has 2 heterocycles. The highest BCUT2D eigenvalue weighted by atomic mass is 16.5. The second-order valence-corrected chi connectivity index (χ2v) is 4.65. The van der Waals surface area contributed by atoms with Gasteiger partial charge in [-0.25, -0.2) is 4.98 Å². The van der Waals surface area contributed by atoms with Gasteiger partial charge < -0.3 is 4.74 Å². The SMILES string of the molecule is CCCN1CCCC[C@@H]1c1cccnc1OC. The monoisotopic (exact) mass is 234 g/mol. The Morgan fingerprint density at radius 3 is 3.12 bits per heavy atom. The number of rotatable bonds is 4. The zero-order chi connectivity index (χ0) is 12.1. The fourth-order valence-corrected chi connectivity index (χ4v) is 2.73. The molecule has 1 aromatic rings. The third-order valence-electron chi connectivity index (χ3n) is 3.48. The van der Waals surface area contributed by atoms with Gasteiger partial charge in [-0.1, -0.05) is 19.4 Å². The van der Waals surface area contributed by atoms with Crippen LogP contribution in [-0.2, 0) is 0 Å². The molecule has 0 aromatic carbocycles. The molecule has 17 heavy (non-hydrogen) atoms. The molecule has 1 aliphatic rings. The summed E-state index contributed by atoms with van der Waals surface area (Å²) >= 11 is 0. The van der Waals surface area contributed by atoms with Crippen LogP contribution >= 0.6 is 0 Å². The molecule has 1 aromatic heterocycles. The van der Waals surface area contributed by atoms with Gasteiger partial charge in [-0.2, -0.15) is 0 Å². The van der Waals surface area contributed by atoms with E-state index >= 15 is 0 Å². The van der Waals surface area contributed by atoms with Crippen molar-refractivity contribution in [2.24, 2.45) is 0 Å². The van der Waals surface area contributed by atoms with Gasteiger partial charge in [0.25, 0.3) is 0 Å². The minimum atomic E-state index is 0.493. The molecule has 0 N–H and O–H groups in total. The molecule has 1 saturated heterocycles. The largest absolute Gasteiger partial charge is 0.481 e. The lowest BCUT2D eigenvalue weighted by atomic mass is 9.96. The van der Waals surface area contributed by atoms with Gasteiger partial charge in [-0.05, 0) is 38.4 Å². The quantitative estimate of drug-likeness (QED) is 0.800. The zero-order valence-electron chi connectivity index (χ0n) is 10.9. The Morgan fingerprint density at radius 1 is 1.47 bits per heavy atom. The van der Waals surface area contributed by atoms with Crippen LogP contribution in [0.3, 0.4) is 0 Å². The first-order valence-electron chi connectivity index (χ1n) is 6.59. The third kappa shape index (κ3) is 2.78. The first-order chi connectivity index (χ1) is 8.36. The second kappa shape index (κ2) is 6.01. The van der Waals surface area contributed by atoms with E-state index in [1.165, 1.54) is 44.3 Å². The van der Waals surface area contributed by atoms with Gasteiger partial charge in [0, 0.05) is 17.8 Å². The minimum absolute atomic E-state index is 0.493. The van der Waals surface area contributed by atoms with Crippen molar-refractivity contribution in [1.29, 1.82) is 0 Å². The van der Waals surface area contributed by atoms with E-state index in [0.29, 0.717) is 6.04 Å². The molecule has 0 unspecified atom stereocenters. The van der Waals surface area contributed by atoms with Crippen molar-refractivity contribution in [2.45, 2.75) is 38.6 Å². The summed E-state index contributed by atoms with van der Waals surface area (Å²) in [5.74, 6) is 0.792. The van der Waals surface area contributed by atoms with Gasteiger partial charge in [0.15, 0.2) is 0 Å². The van der Waals surface area contributed by atoms with Gasteiger partial charge in [0.1, 0.15) is 0 Å². The van der Waals surface area contributed by atoms with Gasteiger partial charge in [-0.15, -0.1) is 0 Å². The number of ether oxygens (including phenoxy) is 1.